The van der Waals surface area contributed by atoms with Crippen LogP contribution in [0.5, 0.6) is 0 Å². The number of aryl methyl sites for hydroxylation is 1. The van der Waals surface area contributed by atoms with Gasteiger partial charge < -0.3 is 10.6 Å². The van der Waals surface area contributed by atoms with Crippen molar-refractivity contribution in [1.82, 2.24) is 5.32 Å². The number of nitrogens with zero attached hydrogens (tertiary/aromatic N) is 1. The van der Waals surface area contributed by atoms with Crippen molar-refractivity contribution in [3.05, 3.63) is 16.0 Å². The number of rotatable bonds is 3. The molecular weight excluding hydrogens is 258 g/mol. The zero-order valence-electron chi connectivity index (χ0n) is 11.4. The fraction of sp³-hybridized carbons (Fsp3) is 0.571. The highest BCUT2D eigenvalue weighted by Gasteiger charge is 2.21. The predicted octanol–water partition coefficient (Wildman–Crippen LogP) is 2.44. The molecule has 1 unspecified atom stereocenters. The van der Waals surface area contributed by atoms with Gasteiger partial charge in [0.15, 0.2) is 0 Å². The molecule has 0 bridgehead atoms. The van der Waals surface area contributed by atoms with E-state index in [0.717, 1.165) is 29.8 Å². The summed E-state index contributed by atoms with van der Waals surface area (Å²) in [4.78, 5) is 13.2. The second kappa shape index (κ2) is 6.18. The van der Waals surface area contributed by atoms with E-state index >= 15 is 0 Å². The Bertz CT molecular complexity index is 515. The molecule has 0 saturated heterocycles. The molecule has 1 aromatic heterocycles. The molecule has 102 valence electrons. The Morgan fingerprint density at radius 1 is 1.37 bits per heavy atom. The summed E-state index contributed by atoms with van der Waals surface area (Å²) in [5, 5.41) is 15.9. The Hall–Kier alpha value is -1.38. The molecule has 0 radical (unpaired) electrons. The third-order valence-electron chi connectivity index (χ3n) is 3.60. The minimum absolute atomic E-state index is 0.0876. The molecule has 0 saturated carbocycles. The fourth-order valence-electron chi connectivity index (χ4n) is 2.30. The molecule has 0 aromatic carbocycles. The second-order valence-corrected chi connectivity index (χ2v) is 5.99. The number of carbonyl (C=O) groups is 1. The lowest BCUT2D eigenvalue weighted by atomic mass is 10.1. The van der Waals surface area contributed by atoms with Gasteiger partial charge in [0.05, 0.1) is 11.6 Å². The van der Waals surface area contributed by atoms with Gasteiger partial charge in [0.25, 0.3) is 0 Å². The van der Waals surface area contributed by atoms with Crippen molar-refractivity contribution in [2.75, 3.05) is 12.4 Å². The maximum absolute atomic E-state index is 11.9. The van der Waals surface area contributed by atoms with Gasteiger partial charge in [-0.15, -0.1) is 11.3 Å². The lowest BCUT2D eigenvalue weighted by Gasteiger charge is -2.09. The van der Waals surface area contributed by atoms with Crippen LogP contribution >= 0.6 is 11.3 Å². The average Bonchev–Trinajstić information content (AvgIpc) is 2.59. The largest absolute Gasteiger partial charge is 0.315 e. The van der Waals surface area contributed by atoms with E-state index < -0.39 is 0 Å². The van der Waals surface area contributed by atoms with E-state index in [1.54, 1.807) is 25.3 Å². The second-order valence-electron chi connectivity index (χ2n) is 4.88. The Balaban J connectivity index is 2.27. The van der Waals surface area contributed by atoms with Gasteiger partial charge in [0.1, 0.15) is 11.1 Å². The number of nitriles is 1. The number of nitrogens with one attached hydrogen (secondary N) is 2. The van der Waals surface area contributed by atoms with Crippen LogP contribution < -0.4 is 10.6 Å². The predicted molar refractivity (Wildman–Crippen MR) is 77.4 cm³/mol. The molecule has 1 heterocycles. The molecule has 1 atom stereocenters. The van der Waals surface area contributed by atoms with Gasteiger partial charge in [-0.2, -0.15) is 5.26 Å². The van der Waals surface area contributed by atoms with Crippen molar-refractivity contribution in [3.8, 4) is 6.07 Å². The van der Waals surface area contributed by atoms with Gasteiger partial charge in [0.2, 0.25) is 5.91 Å². The number of hydrogen-bond donors (Lipinski definition) is 2. The first-order chi connectivity index (χ1) is 9.17. The molecule has 0 fully saturated rings. The van der Waals surface area contributed by atoms with Crippen LogP contribution in [0, 0.1) is 11.3 Å². The zero-order chi connectivity index (χ0) is 13.8. The third kappa shape index (κ3) is 2.96. The molecule has 19 heavy (non-hydrogen) atoms. The fourth-order valence-corrected chi connectivity index (χ4v) is 3.54. The molecule has 1 aliphatic rings. The lowest BCUT2D eigenvalue weighted by molar-refractivity contribution is -0.117. The minimum Gasteiger partial charge on any atom is -0.315 e. The summed E-state index contributed by atoms with van der Waals surface area (Å²) in [6, 6.07) is 2.01. The Morgan fingerprint density at radius 2 is 2.11 bits per heavy atom. The molecule has 0 spiro atoms. The van der Waals surface area contributed by atoms with E-state index in [2.05, 4.69) is 16.7 Å². The van der Waals surface area contributed by atoms with Crippen molar-refractivity contribution in [3.63, 3.8) is 0 Å². The summed E-state index contributed by atoms with van der Waals surface area (Å²) in [6.45, 7) is 1.81. The quantitative estimate of drug-likeness (QED) is 0.834. The monoisotopic (exact) mass is 277 g/mol. The summed E-state index contributed by atoms with van der Waals surface area (Å²) < 4.78 is 0. The van der Waals surface area contributed by atoms with Gasteiger partial charge in [-0.05, 0) is 45.2 Å². The topological polar surface area (TPSA) is 64.9 Å². The number of thiophene rings is 1. The van der Waals surface area contributed by atoms with Crippen molar-refractivity contribution in [2.45, 2.75) is 45.1 Å². The van der Waals surface area contributed by atoms with Gasteiger partial charge in [-0.25, -0.2) is 0 Å². The number of likely N-dealkylation sites (N-methyl/N-ethyl adjacent to an activating group) is 1. The summed E-state index contributed by atoms with van der Waals surface area (Å²) in [5.41, 5.74) is 1.84. The summed E-state index contributed by atoms with van der Waals surface area (Å²) in [5.74, 6) is -0.0876. The van der Waals surface area contributed by atoms with Crippen LogP contribution in [-0.4, -0.2) is 19.0 Å². The molecule has 1 amide bonds. The number of anilines is 1. The van der Waals surface area contributed by atoms with Crippen molar-refractivity contribution < 1.29 is 4.79 Å². The molecular formula is C14H19N3OS. The van der Waals surface area contributed by atoms with E-state index in [1.165, 1.54) is 17.7 Å². The highest BCUT2D eigenvalue weighted by Crippen LogP contribution is 2.36. The summed E-state index contributed by atoms with van der Waals surface area (Å²) in [6.07, 6.45) is 5.54. The smallest absolute Gasteiger partial charge is 0.241 e. The molecule has 4 nitrogen and oxygen atoms in total. The van der Waals surface area contributed by atoms with Crippen LogP contribution in [0.3, 0.4) is 0 Å². The zero-order valence-corrected chi connectivity index (χ0v) is 12.2. The van der Waals surface area contributed by atoms with Gasteiger partial charge in [-0.3, -0.25) is 4.79 Å². The number of hydrogen-bond acceptors (Lipinski definition) is 4. The Kier molecular flexibility index (Phi) is 4.56. The molecule has 5 heteroatoms. The standard InChI is InChI=1S/C14H19N3OS/c1-9(16-2)13(18)17-14-11(8-15)10-6-4-3-5-7-12(10)19-14/h9,16H,3-7H2,1-2H3,(H,17,18). The molecule has 2 rings (SSSR count). The molecule has 0 aliphatic heterocycles. The van der Waals surface area contributed by atoms with Gasteiger partial charge in [-0.1, -0.05) is 6.42 Å². The Labute approximate surface area is 117 Å². The average molecular weight is 277 g/mol. The van der Waals surface area contributed by atoms with Crippen molar-refractivity contribution in [2.24, 2.45) is 0 Å². The number of fused-ring (bicyclic) bond motifs is 1. The maximum atomic E-state index is 11.9. The third-order valence-corrected chi connectivity index (χ3v) is 4.80. The Morgan fingerprint density at radius 3 is 2.79 bits per heavy atom. The summed E-state index contributed by atoms with van der Waals surface area (Å²) >= 11 is 1.57. The van der Waals surface area contributed by atoms with Gasteiger partial charge >= 0.3 is 0 Å². The van der Waals surface area contributed by atoms with E-state index in [0.29, 0.717) is 5.56 Å². The highest BCUT2D eigenvalue weighted by atomic mass is 32.1. The number of amides is 1. The minimum atomic E-state index is -0.256. The van der Waals surface area contributed by atoms with Crippen LogP contribution in [0.2, 0.25) is 0 Å². The van der Waals surface area contributed by atoms with Crippen LogP contribution in [-0.2, 0) is 17.6 Å². The SMILES string of the molecule is CNC(C)C(=O)Nc1sc2c(c1C#N)CCCCC2. The molecule has 2 N–H and O–H groups in total. The highest BCUT2D eigenvalue weighted by molar-refractivity contribution is 7.16. The van der Waals surface area contributed by atoms with Crippen LogP contribution in [0.15, 0.2) is 0 Å². The molecule has 1 aromatic rings. The van der Waals surface area contributed by atoms with Crippen LogP contribution in [0.1, 0.15) is 42.2 Å². The van der Waals surface area contributed by atoms with Gasteiger partial charge in [0, 0.05) is 4.88 Å². The van der Waals surface area contributed by atoms with E-state index in [4.69, 9.17) is 0 Å². The number of carbonyl (C=O) groups excluding carboxylic acids is 1. The van der Waals surface area contributed by atoms with E-state index in [9.17, 15) is 10.1 Å². The van der Waals surface area contributed by atoms with Crippen LogP contribution in [0.4, 0.5) is 5.00 Å². The normalized spacial score (nSPS) is 16.1. The van der Waals surface area contributed by atoms with Crippen molar-refractivity contribution in [1.29, 1.82) is 5.26 Å². The lowest BCUT2D eigenvalue weighted by Crippen LogP contribution is -2.35. The van der Waals surface area contributed by atoms with E-state index in [1.807, 2.05) is 0 Å². The van der Waals surface area contributed by atoms with E-state index in [-0.39, 0.29) is 11.9 Å². The first kappa shape index (κ1) is 14.0. The maximum Gasteiger partial charge on any atom is 0.241 e. The summed E-state index contributed by atoms with van der Waals surface area (Å²) in [7, 11) is 1.75. The molecule has 1 aliphatic carbocycles. The first-order valence-corrected chi connectivity index (χ1v) is 7.51. The first-order valence-electron chi connectivity index (χ1n) is 6.70. The van der Waals surface area contributed by atoms with Crippen LogP contribution in [0.25, 0.3) is 0 Å². The van der Waals surface area contributed by atoms with Crippen molar-refractivity contribution >= 4 is 22.2 Å².